The lowest BCUT2D eigenvalue weighted by Crippen LogP contribution is -2.39. The monoisotopic (exact) mass is 478 g/mol. The van der Waals surface area contributed by atoms with E-state index < -0.39 is 15.9 Å². The first-order chi connectivity index (χ1) is 16.1. The summed E-state index contributed by atoms with van der Waals surface area (Å²) in [6.45, 7) is 3.56. The lowest BCUT2D eigenvalue weighted by Gasteiger charge is -2.21. The van der Waals surface area contributed by atoms with E-state index >= 15 is 0 Å². The number of carbonyl (C=O) groups is 1. The number of hydrogen-bond donors (Lipinski definition) is 1. The Kier molecular flexibility index (Phi) is 8.20. The number of aryl methyl sites for hydroxylation is 2. The molecule has 1 N–H and O–H groups in total. The van der Waals surface area contributed by atoms with Gasteiger partial charge in [0.15, 0.2) is 0 Å². The van der Waals surface area contributed by atoms with Crippen LogP contribution in [-0.4, -0.2) is 45.5 Å². The quantitative estimate of drug-likeness (QED) is 0.376. The van der Waals surface area contributed by atoms with Crippen LogP contribution >= 0.6 is 0 Å². The van der Waals surface area contributed by atoms with Crippen molar-refractivity contribution in [3.63, 3.8) is 0 Å². The van der Waals surface area contributed by atoms with Crippen LogP contribution in [-0.2, 0) is 21.4 Å². The Balaban J connectivity index is 1.75. The molecule has 0 aliphatic carbocycles. The summed E-state index contributed by atoms with van der Waals surface area (Å²) in [5.41, 5.74) is 7.12. The molecule has 3 aromatic carbocycles. The largest absolute Gasteiger partial charge is 0.378 e. The Morgan fingerprint density at radius 2 is 1.44 bits per heavy atom. The van der Waals surface area contributed by atoms with Crippen molar-refractivity contribution in [3.8, 4) is 0 Å². The summed E-state index contributed by atoms with van der Waals surface area (Å²) in [6.07, 6.45) is 1.52. The fourth-order valence-electron chi connectivity index (χ4n) is 3.22. The van der Waals surface area contributed by atoms with Crippen LogP contribution in [0, 0.1) is 13.8 Å². The number of amides is 1. The summed E-state index contributed by atoms with van der Waals surface area (Å²) < 4.78 is 27.8. The fraction of sp³-hybridized carbons (Fsp3) is 0.231. The first kappa shape index (κ1) is 25.1. The van der Waals surface area contributed by atoms with Gasteiger partial charge in [-0.1, -0.05) is 59.7 Å². The molecule has 0 saturated carbocycles. The number of nitrogens with one attached hydrogen (secondary N) is 1. The van der Waals surface area contributed by atoms with Gasteiger partial charge in [-0.15, -0.1) is 0 Å². The van der Waals surface area contributed by atoms with Gasteiger partial charge in [0, 0.05) is 26.3 Å². The molecule has 3 rings (SSSR count). The second-order valence-corrected chi connectivity index (χ2v) is 10.3. The van der Waals surface area contributed by atoms with Crippen molar-refractivity contribution < 1.29 is 13.2 Å². The van der Waals surface area contributed by atoms with Crippen LogP contribution < -0.4 is 10.3 Å². The second kappa shape index (κ2) is 11.1. The Labute approximate surface area is 201 Å². The highest BCUT2D eigenvalue weighted by molar-refractivity contribution is 7.89. The normalized spacial score (nSPS) is 11.7. The SMILES string of the molecule is Cc1ccc(CN(CC(=O)N/N=C/c2ccc(N(C)C)cc2)S(=O)(=O)c2ccc(C)cc2)cc1. The molecule has 0 aliphatic heterocycles. The van der Waals surface area contributed by atoms with E-state index in [1.807, 2.05) is 81.4 Å². The predicted molar refractivity (Wildman–Crippen MR) is 136 cm³/mol. The predicted octanol–water partition coefficient (Wildman–Crippen LogP) is 3.71. The molecule has 0 aliphatic rings. The topological polar surface area (TPSA) is 82.1 Å². The maximum Gasteiger partial charge on any atom is 0.255 e. The molecule has 178 valence electrons. The summed E-state index contributed by atoms with van der Waals surface area (Å²) in [6, 6.07) is 21.8. The summed E-state index contributed by atoms with van der Waals surface area (Å²) in [4.78, 5) is 14.8. The number of benzene rings is 3. The molecule has 0 radical (unpaired) electrons. The zero-order chi connectivity index (χ0) is 24.7. The number of nitrogens with zero attached hydrogens (tertiary/aromatic N) is 3. The van der Waals surface area contributed by atoms with E-state index in [-0.39, 0.29) is 18.0 Å². The van der Waals surface area contributed by atoms with Gasteiger partial charge in [-0.25, -0.2) is 13.8 Å². The summed E-state index contributed by atoms with van der Waals surface area (Å²) >= 11 is 0. The Morgan fingerprint density at radius 3 is 2.00 bits per heavy atom. The molecule has 0 heterocycles. The van der Waals surface area contributed by atoms with Gasteiger partial charge in [-0.2, -0.15) is 9.41 Å². The molecule has 1 amide bonds. The second-order valence-electron chi connectivity index (χ2n) is 8.35. The van der Waals surface area contributed by atoms with Crippen LogP contribution in [0.2, 0.25) is 0 Å². The minimum atomic E-state index is -3.90. The average Bonchev–Trinajstić information content (AvgIpc) is 2.80. The van der Waals surface area contributed by atoms with Crippen LogP contribution in [0.5, 0.6) is 0 Å². The molecule has 0 atom stereocenters. The van der Waals surface area contributed by atoms with E-state index in [0.717, 1.165) is 27.9 Å². The number of hydrazone groups is 1. The van der Waals surface area contributed by atoms with Crippen LogP contribution in [0.1, 0.15) is 22.3 Å². The molecule has 0 fully saturated rings. The van der Waals surface area contributed by atoms with Gasteiger partial charge in [0.2, 0.25) is 10.0 Å². The van der Waals surface area contributed by atoms with E-state index in [2.05, 4.69) is 10.5 Å². The Bertz CT molecular complexity index is 1230. The van der Waals surface area contributed by atoms with Gasteiger partial charge in [-0.05, 0) is 49.2 Å². The molecule has 0 saturated heterocycles. The highest BCUT2D eigenvalue weighted by Crippen LogP contribution is 2.19. The van der Waals surface area contributed by atoms with Crippen LogP contribution in [0.15, 0.2) is 82.8 Å². The maximum atomic E-state index is 13.3. The molecular formula is C26H30N4O3S. The van der Waals surface area contributed by atoms with Crippen LogP contribution in [0.25, 0.3) is 0 Å². The minimum absolute atomic E-state index is 0.0691. The molecular weight excluding hydrogens is 448 g/mol. The van der Waals surface area contributed by atoms with E-state index in [1.54, 1.807) is 24.3 Å². The number of sulfonamides is 1. The lowest BCUT2D eigenvalue weighted by atomic mass is 10.1. The minimum Gasteiger partial charge on any atom is -0.378 e. The number of anilines is 1. The van der Waals surface area contributed by atoms with Crippen molar-refractivity contribution >= 4 is 27.8 Å². The molecule has 0 unspecified atom stereocenters. The van der Waals surface area contributed by atoms with Gasteiger partial charge in [0.1, 0.15) is 0 Å². The third-order valence-corrected chi connectivity index (χ3v) is 7.08. The van der Waals surface area contributed by atoms with Crippen LogP contribution in [0.3, 0.4) is 0 Å². The Hall–Kier alpha value is -3.49. The first-order valence-electron chi connectivity index (χ1n) is 10.9. The summed E-state index contributed by atoms with van der Waals surface area (Å²) in [5, 5.41) is 3.99. The summed E-state index contributed by atoms with van der Waals surface area (Å²) in [7, 11) is 0.0140. The third kappa shape index (κ3) is 6.76. The van der Waals surface area contributed by atoms with Gasteiger partial charge in [-0.3, -0.25) is 4.79 Å². The highest BCUT2D eigenvalue weighted by atomic mass is 32.2. The average molecular weight is 479 g/mol. The van der Waals surface area contributed by atoms with Crippen molar-refractivity contribution in [2.75, 3.05) is 25.5 Å². The highest BCUT2D eigenvalue weighted by Gasteiger charge is 2.27. The van der Waals surface area contributed by atoms with Gasteiger partial charge < -0.3 is 4.90 Å². The molecule has 7 nitrogen and oxygen atoms in total. The molecule has 0 aromatic heterocycles. The fourth-order valence-corrected chi connectivity index (χ4v) is 4.60. The maximum absolute atomic E-state index is 13.3. The van der Waals surface area contributed by atoms with E-state index in [1.165, 1.54) is 10.5 Å². The van der Waals surface area contributed by atoms with Crippen molar-refractivity contribution in [1.82, 2.24) is 9.73 Å². The van der Waals surface area contributed by atoms with Gasteiger partial charge >= 0.3 is 0 Å². The van der Waals surface area contributed by atoms with E-state index in [4.69, 9.17) is 0 Å². The van der Waals surface area contributed by atoms with E-state index in [9.17, 15) is 13.2 Å². The number of hydrogen-bond acceptors (Lipinski definition) is 5. The van der Waals surface area contributed by atoms with Gasteiger partial charge in [0.25, 0.3) is 5.91 Å². The van der Waals surface area contributed by atoms with Crippen molar-refractivity contribution in [2.45, 2.75) is 25.3 Å². The number of carbonyl (C=O) groups excluding carboxylic acids is 1. The molecule has 3 aromatic rings. The first-order valence-corrected chi connectivity index (χ1v) is 12.3. The summed E-state index contributed by atoms with van der Waals surface area (Å²) in [5.74, 6) is -0.524. The smallest absolute Gasteiger partial charge is 0.255 e. The van der Waals surface area contributed by atoms with Crippen LogP contribution in [0.4, 0.5) is 5.69 Å². The molecule has 0 bridgehead atoms. The molecule has 34 heavy (non-hydrogen) atoms. The van der Waals surface area contributed by atoms with Crippen molar-refractivity contribution in [3.05, 3.63) is 95.1 Å². The third-order valence-electron chi connectivity index (χ3n) is 5.27. The standard InChI is InChI=1S/C26H30N4O3S/c1-20-5-9-23(10-6-20)18-30(34(32,33)25-15-7-21(2)8-16-25)19-26(31)28-27-17-22-11-13-24(14-12-22)29(3)4/h5-17H,18-19H2,1-4H3,(H,28,31)/b27-17+. The van der Waals surface area contributed by atoms with E-state index in [0.29, 0.717) is 0 Å². The Morgan fingerprint density at radius 1 is 0.882 bits per heavy atom. The zero-order valence-corrected chi connectivity index (χ0v) is 20.7. The lowest BCUT2D eigenvalue weighted by molar-refractivity contribution is -0.121. The van der Waals surface area contributed by atoms with Gasteiger partial charge in [0.05, 0.1) is 17.7 Å². The van der Waals surface area contributed by atoms with Crippen molar-refractivity contribution in [1.29, 1.82) is 0 Å². The zero-order valence-electron chi connectivity index (χ0n) is 19.9. The molecule has 8 heteroatoms. The molecule has 0 spiro atoms. The van der Waals surface area contributed by atoms with Crippen molar-refractivity contribution in [2.24, 2.45) is 5.10 Å². The number of rotatable bonds is 9.